The third-order valence-electron chi connectivity index (χ3n) is 6.95. The standard InChI is InChI=1S/C24H29N8O10P/c1-11-17(22(35)18-20(21(11)34)31(3)15(30-18)8-40-12(2)33)26-4-5-39-7-14-13(42-43(36,37)38)6-16(41-14)32-10-29-19-23(25)27-9-28-24(19)32/h9-10,13-14,16,26H,4-8H2,1-3H3,(H2,25,27,28)(H2,36,37,38)/t13-,14+,16+/m0/s1. The van der Waals surface area contributed by atoms with E-state index >= 15 is 0 Å². The minimum Gasteiger partial charge on any atom is -0.458 e. The molecule has 0 amide bonds. The number of imidazole rings is 2. The van der Waals surface area contributed by atoms with E-state index < -0.39 is 43.8 Å². The number of hydrogen-bond acceptors (Lipinski definition) is 14. The fourth-order valence-corrected chi connectivity index (χ4v) is 5.46. The number of ketones is 2. The molecule has 5 N–H and O–H groups in total. The summed E-state index contributed by atoms with van der Waals surface area (Å²) in [7, 11) is -3.30. The Morgan fingerprint density at radius 2 is 2.02 bits per heavy atom. The molecule has 18 nitrogen and oxygen atoms in total. The van der Waals surface area contributed by atoms with Gasteiger partial charge in [0.1, 0.15) is 54.1 Å². The molecule has 4 heterocycles. The van der Waals surface area contributed by atoms with Gasteiger partial charge >= 0.3 is 13.8 Å². The zero-order chi connectivity index (χ0) is 31.1. The van der Waals surface area contributed by atoms with Gasteiger partial charge in [0.2, 0.25) is 11.6 Å². The van der Waals surface area contributed by atoms with E-state index in [4.69, 9.17) is 24.5 Å². The molecule has 3 aromatic heterocycles. The van der Waals surface area contributed by atoms with Crippen molar-refractivity contribution in [3.63, 3.8) is 0 Å². The van der Waals surface area contributed by atoms with Crippen LogP contribution >= 0.6 is 7.82 Å². The monoisotopic (exact) mass is 620 g/mol. The predicted octanol–water partition coefficient (Wildman–Crippen LogP) is -0.0701. The molecule has 1 saturated heterocycles. The summed E-state index contributed by atoms with van der Waals surface area (Å²) in [5.74, 6) is -0.999. The Bertz CT molecular complexity index is 1680. The molecule has 0 radical (unpaired) electrons. The summed E-state index contributed by atoms with van der Waals surface area (Å²) in [6.45, 7) is 2.60. The van der Waals surface area contributed by atoms with Crippen LogP contribution in [0.4, 0.5) is 5.82 Å². The molecule has 19 heteroatoms. The van der Waals surface area contributed by atoms with Gasteiger partial charge in [0, 0.05) is 32.5 Å². The van der Waals surface area contributed by atoms with Crippen molar-refractivity contribution in [2.75, 3.05) is 25.5 Å². The number of nitrogens with one attached hydrogen (secondary N) is 1. The van der Waals surface area contributed by atoms with Gasteiger partial charge in [-0.3, -0.25) is 23.5 Å². The minimum absolute atomic E-state index is 0.0376. The Balaban J connectivity index is 1.20. The van der Waals surface area contributed by atoms with E-state index in [0.717, 1.165) is 0 Å². The summed E-state index contributed by atoms with van der Waals surface area (Å²) in [5, 5.41) is 2.92. The molecule has 1 aliphatic heterocycles. The number of nitrogen functional groups attached to an aromatic ring is 1. The van der Waals surface area contributed by atoms with E-state index in [2.05, 4.69) is 25.3 Å². The van der Waals surface area contributed by atoms with Gasteiger partial charge in [-0.2, -0.15) is 0 Å². The lowest BCUT2D eigenvalue weighted by Crippen LogP contribution is -2.33. The number of phosphoric ester groups is 1. The van der Waals surface area contributed by atoms with Gasteiger partial charge < -0.3 is 39.6 Å². The first-order chi connectivity index (χ1) is 20.4. The average Bonchev–Trinajstić information content (AvgIpc) is 3.63. The van der Waals surface area contributed by atoms with Crippen LogP contribution in [0.25, 0.3) is 11.2 Å². The molecule has 1 fully saturated rings. The van der Waals surface area contributed by atoms with Crippen LogP contribution in [0.5, 0.6) is 0 Å². The maximum atomic E-state index is 13.2. The molecule has 0 spiro atoms. The minimum atomic E-state index is -4.86. The van der Waals surface area contributed by atoms with Crippen molar-refractivity contribution in [2.24, 2.45) is 7.05 Å². The molecular formula is C24H29N8O10P. The number of carbonyl (C=O) groups excluding carboxylic acids is 3. The zero-order valence-corrected chi connectivity index (χ0v) is 24.2. The molecule has 0 aromatic carbocycles. The van der Waals surface area contributed by atoms with Crippen molar-refractivity contribution in [1.29, 1.82) is 0 Å². The molecule has 3 atom stereocenters. The number of carbonyl (C=O) groups is 3. The zero-order valence-electron chi connectivity index (χ0n) is 23.3. The van der Waals surface area contributed by atoms with E-state index in [1.165, 1.54) is 31.1 Å². The number of hydrogen-bond donors (Lipinski definition) is 4. The first-order valence-electron chi connectivity index (χ1n) is 13.0. The van der Waals surface area contributed by atoms with Crippen LogP contribution in [-0.4, -0.2) is 88.4 Å². The topological polar surface area (TPSA) is 245 Å². The number of nitrogens with two attached hydrogens (primary N) is 1. The largest absolute Gasteiger partial charge is 0.469 e. The van der Waals surface area contributed by atoms with Gasteiger partial charge in [-0.1, -0.05) is 0 Å². The lowest BCUT2D eigenvalue weighted by molar-refractivity contribution is -0.142. The summed E-state index contributed by atoms with van der Waals surface area (Å²) in [6, 6.07) is 0. The maximum Gasteiger partial charge on any atom is 0.469 e. The van der Waals surface area contributed by atoms with Crippen LogP contribution in [0.15, 0.2) is 23.9 Å². The SMILES string of the molecule is CC(=O)OCc1nc2c(n1C)C(=O)C(C)=C(NCCOC[C@H]1O[C@@H](n3cnc4c(N)ncnc43)C[C@@H]1OP(=O)(O)O)C2=O. The lowest BCUT2D eigenvalue weighted by atomic mass is 9.95. The first-order valence-corrected chi connectivity index (χ1v) is 14.5. The fourth-order valence-electron chi connectivity index (χ4n) is 4.89. The smallest absolute Gasteiger partial charge is 0.458 e. The van der Waals surface area contributed by atoms with Gasteiger partial charge in [0.15, 0.2) is 11.5 Å². The van der Waals surface area contributed by atoms with Gasteiger partial charge in [-0.05, 0) is 6.92 Å². The Hall–Kier alpha value is -4.06. The summed E-state index contributed by atoms with van der Waals surface area (Å²) in [5.41, 5.74) is 6.88. The second kappa shape index (κ2) is 11.9. The molecule has 43 heavy (non-hydrogen) atoms. The van der Waals surface area contributed by atoms with Crippen LogP contribution in [0.1, 0.15) is 53.3 Å². The normalized spacial score (nSPS) is 20.6. The number of rotatable bonds is 11. The Labute approximate surface area is 243 Å². The Morgan fingerprint density at radius 1 is 1.26 bits per heavy atom. The highest BCUT2D eigenvalue weighted by atomic mass is 31.2. The quantitative estimate of drug-likeness (QED) is 0.124. The molecule has 1 aliphatic carbocycles. The number of nitrogens with zero attached hydrogens (tertiary/aromatic N) is 6. The van der Waals surface area contributed by atoms with E-state index in [-0.39, 0.29) is 67.1 Å². The highest BCUT2D eigenvalue weighted by Gasteiger charge is 2.41. The summed E-state index contributed by atoms with van der Waals surface area (Å²) >= 11 is 0. The number of fused-ring (bicyclic) bond motifs is 2. The van der Waals surface area contributed by atoms with Crippen molar-refractivity contribution in [3.8, 4) is 0 Å². The Kier molecular flexibility index (Phi) is 8.42. The fraction of sp³-hybridized carbons (Fsp3) is 0.458. The average molecular weight is 621 g/mol. The lowest BCUT2D eigenvalue weighted by Gasteiger charge is -2.20. The van der Waals surface area contributed by atoms with E-state index in [0.29, 0.717) is 11.2 Å². The third kappa shape index (κ3) is 6.20. The molecule has 0 saturated carbocycles. The molecule has 230 valence electrons. The highest BCUT2D eigenvalue weighted by molar-refractivity contribution is 7.46. The van der Waals surface area contributed by atoms with Gasteiger partial charge in [-0.25, -0.2) is 24.5 Å². The van der Waals surface area contributed by atoms with Crippen molar-refractivity contribution >= 4 is 42.3 Å². The first kappa shape index (κ1) is 30.4. The number of phosphoric acid groups is 1. The number of anilines is 1. The summed E-state index contributed by atoms with van der Waals surface area (Å²) < 4.78 is 36.2. The van der Waals surface area contributed by atoms with Crippen LogP contribution in [0.3, 0.4) is 0 Å². The Morgan fingerprint density at radius 3 is 2.74 bits per heavy atom. The van der Waals surface area contributed by atoms with Crippen LogP contribution < -0.4 is 11.1 Å². The van der Waals surface area contributed by atoms with E-state index in [9.17, 15) is 28.7 Å². The predicted molar refractivity (Wildman–Crippen MR) is 144 cm³/mol. The second-order valence-corrected chi connectivity index (χ2v) is 11.0. The maximum absolute atomic E-state index is 13.2. The molecule has 3 aromatic rings. The molecular weight excluding hydrogens is 591 g/mol. The van der Waals surface area contributed by atoms with E-state index in [1.807, 2.05) is 0 Å². The molecule has 0 unspecified atom stereocenters. The van der Waals surface area contributed by atoms with Crippen LogP contribution in [-0.2, 0) is 41.7 Å². The van der Waals surface area contributed by atoms with Crippen LogP contribution in [0.2, 0.25) is 0 Å². The summed E-state index contributed by atoms with van der Waals surface area (Å²) in [6.07, 6.45) is 0.121. The van der Waals surface area contributed by atoms with Gasteiger partial charge in [0.05, 0.1) is 25.2 Å². The molecule has 0 bridgehead atoms. The van der Waals surface area contributed by atoms with Crippen molar-refractivity contribution < 1.29 is 47.5 Å². The highest BCUT2D eigenvalue weighted by Crippen LogP contribution is 2.44. The van der Waals surface area contributed by atoms with Crippen LogP contribution in [0, 0.1) is 0 Å². The van der Waals surface area contributed by atoms with Gasteiger partial charge in [-0.15, -0.1) is 0 Å². The number of allylic oxidation sites excluding steroid dienone is 2. The van der Waals surface area contributed by atoms with Crippen molar-refractivity contribution in [1.82, 2.24) is 34.4 Å². The number of esters is 1. The van der Waals surface area contributed by atoms with Crippen molar-refractivity contribution in [2.45, 2.75) is 45.3 Å². The summed E-state index contributed by atoms with van der Waals surface area (Å²) in [4.78, 5) is 72.7. The molecule has 5 rings (SSSR count). The number of aromatic nitrogens is 6. The third-order valence-corrected chi connectivity index (χ3v) is 7.49. The number of Topliss-reactive ketones (excluding diaryl/α,β-unsaturated/α-hetero) is 2. The number of ether oxygens (including phenoxy) is 3. The second-order valence-electron chi connectivity index (χ2n) is 9.81. The van der Waals surface area contributed by atoms with E-state index in [1.54, 1.807) is 11.6 Å². The van der Waals surface area contributed by atoms with Crippen molar-refractivity contribution in [3.05, 3.63) is 41.1 Å². The molecule has 2 aliphatic rings. The van der Waals surface area contributed by atoms with Gasteiger partial charge in [0.25, 0.3) is 0 Å².